The number of rotatable bonds is 11. The zero-order valence-corrected chi connectivity index (χ0v) is 27.0. The molecule has 0 radical (unpaired) electrons. The molecule has 0 aliphatic rings. The van der Waals surface area contributed by atoms with Crippen LogP contribution in [0.15, 0.2) is 42.7 Å². The minimum atomic E-state index is -1.75. The van der Waals surface area contributed by atoms with Crippen LogP contribution in [0.3, 0.4) is 0 Å². The van der Waals surface area contributed by atoms with E-state index in [4.69, 9.17) is 9.97 Å². The molecule has 0 bridgehead atoms. The number of aromatic nitrogens is 2. The van der Waals surface area contributed by atoms with Crippen LogP contribution >= 0.6 is 11.3 Å². The van der Waals surface area contributed by atoms with E-state index in [1.807, 2.05) is 17.7 Å². The van der Waals surface area contributed by atoms with Crippen molar-refractivity contribution < 1.29 is 0 Å². The molecule has 4 heteroatoms. The molecule has 2 aromatic carbocycles. The molecule has 0 saturated carbocycles. The van der Waals surface area contributed by atoms with E-state index in [1.165, 1.54) is 55.8 Å². The van der Waals surface area contributed by atoms with E-state index in [0.29, 0.717) is 23.7 Å². The Bertz CT molecular complexity index is 1350. The summed E-state index contributed by atoms with van der Waals surface area (Å²) < 4.78 is 2.98. The zero-order valence-electron chi connectivity index (χ0n) is 25.2. The first-order chi connectivity index (χ1) is 18.1. The summed E-state index contributed by atoms with van der Waals surface area (Å²) in [7, 11) is -1.75. The predicted molar refractivity (Wildman–Crippen MR) is 173 cm³/mol. The van der Waals surface area contributed by atoms with E-state index in [9.17, 15) is 0 Å². The molecule has 0 N–H and O–H groups in total. The standard InChI is InChI=1S/C34H48N2SSi/c1-10-26(11-2)30-17-28(16-27-14-12-13-15-29(27)30)32-33-31(35-21-36-32)25(9)34(37-33)38(18-22(3)4,19-23(5)6)20-24(7)8/h12-17,21-24,26H,10-11,18-20H2,1-9H3. The van der Waals surface area contributed by atoms with Crippen LogP contribution in [0.1, 0.15) is 85.3 Å². The fraction of sp³-hybridized carbons (Fsp3) is 0.529. The number of fused-ring (bicyclic) bond motifs is 2. The Hall–Kier alpha value is -2.04. The Kier molecular flexibility index (Phi) is 9.14. The molecule has 0 aliphatic carbocycles. The molecule has 0 amide bonds. The lowest BCUT2D eigenvalue weighted by atomic mass is 9.87. The van der Waals surface area contributed by atoms with Gasteiger partial charge in [-0.25, -0.2) is 9.97 Å². The van der Waals surface area contributed by atoms with Crippen LogP contribution in [0.4, 0.5) is 0 Å². The second-order valence-electron chi connectivity index (χ2n) is 12.8. The Labute approximate surface area is 236 Å². The van der Waals surface area contributed by atoms with E-state index in [-0.39, 0.29) is 0 Å². The van der Waals surface area contributed by atoms with Crippen LogP contribution in [0.25, 0.3) is 32.2 Å². The third kappa shape index (κ3) is 5.77. The van der Waals surface area contributed by atoms with Gasteiger partial charge in [0, 0.05) is 5.56 Å². The van der Waals surface area contributed by atoms with E-state index >= 15 is 0 Å². The fourth-order valence-electron chi connectivity index (χ4n) is 7.15. The highest BCUT2D eigenvalue weighted by Gasteiger charge is 2.40. The van der Waals surface area contributed by atoms with Crippen LogP contribution in [0, 0.1) is 24.7 Å². The van der Waals surface area contributed by atoms with Crippen molar-refractivity contribution in [2.24, 2.45) is 17.8 Å². The van der Waals surface area contributed by atoms with Crippen LogP contribution in [0.5, 0.6) is 0 Å². The molecule has 2 heterocycles. The van der Waals surface area contributed by atoms with Gasteiger partial charge in [0.25, 0.3) is 0 Å². The van der Waals surface area contributed by atoms with Gasteiger partial charge in [-0.05, 0) is 82.0 Å². The van der Waals surface area contributed by atoms with Gasteiger partial charge in [-0.3, -0.25) is 0 Å². The van der Waals surface area contributed by atoms with Crippen LogP contribution in [-0.4, -0.2) is 18.0 Å². The van der Waals surface area contributed by atoms with Gasteiger partial charge in [0.1, 0.15) is 14.4 Å². The molecule has 4 rings (SSSR count). The Morgan fingerprint density at radius 2 is 1.42 bits per heavy atom. The summed E-state index contributed by atoms with van der Waals surface area (Å²) in [4.78, 5) is 9.88. The Balaban J connectivity index is 1.98. The topological polar surface area (TPSA) is 25.8 Å². The molecular formula is C34H48N2SSi. The maximum Gasteiger partial charge on any atom is 0.116 e. The second-order valence-corrected chi connectivity index (χ2v) is 18.5. The lowest BCUT2D eigenvalue weighted by Crippen LogP contribution is -2.50. The Morgan fingerprint density at radius 3 is 2.00 bits per heavy atom. The van der Waals surface area contributed by atoms with Gasteiger partial charge in [0.2, 0.25) is 0 Å². The van der Waals surface area contributed by atoms with Crippen molar-refractivity contribution in [3.63, 3.8) is 0 Å². The van der Waals surface area contributed by atoms with Crippen LogP contribution in [-0.2, 0) is 0 Å². The van der Waals surface area contributed by atoms with E-state index in [1.54, 1.807) is 4.50 Å². The van der Waals surface area contributed by atoms with Crippen molar-refractivity contribution in [3.05, 3.63) is 53.9 Å². The molecule has 0 saturated heterocycles. The first-order valence-electron chi connectivity index (χ1n) is 14.9. The highest BCUT2D eigenvalue weighted by atomic mass is 32.1. The van der Waals surface area contributed by atoms with Crippen molar-refractivity contribution in [2.45, 2.75) is 99.2 Å². The summed E-state index contributed by atoms with van der Waals surface area (Å²) in [6, 6.07) is 17.8. The maximum absolute atomic E-state index is 4.97. The molecule has 2 nitrogen and oxygen atoms in total. The summed E-state index contributed by atoms with van der Waals surface area (Å²) in [5.41, 5.74) is 6.44. The third-order valence-electron chi connectivity index (χ3n) is 8.18. The number of aryl methyl sites for hydroxylation is 1. The Morgan fingerprint density at radius 1 is 0.816 bits per heavy atom. The highest BCUT2D eigenvalue weighted by Crippen LogP contribution is 2.41. The van der Waals surface area contributed by atoms with Gasteiger partial charge < -0.3 is 0 Å². The van der Waals surface area contributed by atoms with Gasteiger partial charge in [0.05, 0.1) is 15.9 Å². The minimum Gasteiger partial charge on any atom is -0.235 e. The SMILES string of the molecule is CCC(CC)c1cc(-c2ncnc3c(C)c([Si](CC(C)C)(CC(C)C)CC(C)C)sc23)cc2ccccc12. The molecule has 2 aromatic heterocycles. The van der Waals surface area contributed by atoms with Gasteiger partial charge in [-0.2, -0.15) is 0 Å². The van der Waals surface area contributed by atoms with Gasteiger partial charge in [-0.1, -0.05) is 97.8 Å². The fourth-order valence-corrected chi connectivity index (χ4v) is 16.8. The second kappa shape index (κ2) is 12.0. The van der Waals surface area contributed by atoms with Crippen molar-refractivity contribution in [1.29, 1.82) is 0 Å². The van der Waals surface area contributed by atoms with Crippen molar-refractivity contribution in [1.82, 2.24) is 9.97 Å². The first-order valence-corrected chi connectivity index (χ1v) is 18.3. The van der Waals surface area contributed by atoms with E-state index < -0.39 is 8.07 Å². The molecule has 0 unspecified atom stereocenters. The maximum atomic E-state index is 4.97. The molecule has 0 atom stereocenters. The monoisotopic (exact) mass is 544 g/mol. The third-order valence-corrected chi connectivity index (χ3v) is 17.0. The lowest BCUT2D eigenvalue weighted by molar-refractivity contribution is 0.647. The number of benzene rings is 2. The van der Waals surface area contributed by atoms with E-state index in [0.717, 1.165) is 18.5 Å². The number of hydrogen-bond donors (Lipinski definition) is 0. The van der Waals surface area contributed by atoms with Crippen molar-refractivity contribution in [2.75, 3.05) is 0 Å². The molecular weight excluding hydrogens is 497 g/mol. The van der Waals surface area contributed by atoms with Crippen LogP contribution < -0.4 is 4.50 Å². The first kappa shape index (κ1) is 29.0. The van der Waals surface area contributed by atoms with Gasteiger partial charge in [0.15, 0.2) is 0 Å². The quantitative estimate of drug-likeness (QED) is 0.175. The minimum absolute atomic E-state index is 0.556. The summed E-state index contributed by atoms with van der Waals surface area (Å²) in [6.45, 7) is 21.5. The normalized spacial score (nSPS) is 12.8. The lowest BCUT2D eigenvalue weighted by Gasteiger charge is -2.36. The van der Waals surface area contributed by atoms with Crippen molar-refractivity contribution in [3.8, 4) is 11.3 Å². The smallest absolute Gasteiger partial charge is 0.116 e. The zero-order chi connectivity index (χ0) is 27.6. The molecule has 204 valence electrons. The summed E-state index contributed by atoms with van der Waals surface area (Å²) in [5, 5.41) is 2.70. The van der Waals surface area contributed by atoms with Crippen molar-refractivity contribution >= 4 is 44.9 Å². The number of nitrogens with zero attached hydrogens (tertiary/aromatic N) is 2. The number of hydrogen-bond acceptors (Lipinski definition) is 3. The summed E-state index contributed by atoms with van der Waals surface area (Å²) in [6.07, 6.45) is 4.11. The molecule has 38 heavy (non-hydrogen) atoms. The van der Waals surface area contributed by atoms with E-state index in [2.05, 4.69) is 98.7 Å². The predicted octanol–water partition coefficient (Wildman–Crippen LogP) is 10.3. The average Bonchev–Trinajstić information content (AvgIpc) is 3.20. The molecule has 4 aromatic rings. The molecule has 0 fully saturated rings. The van der Waals surface area contributed by atoms with Gasteiger partial charge >= 0.3 is 0 Å². The summed E-state index contributed by atoms with van der Waals surface area (Å²) in [5.74, 6) is 2.67. The average molecular weight is 545 g/mol. The van der Waals surface area contributed by atoms with Gasteiger partial charge in [-0.15, -0.1) is 11.3 Å². The summed E-state index contributed by atoms with van der Waals surface area (Å²) >= 11 is 2.05. The molecule has 0 aliphatic heterocycles. The molecule has 0 spiro atoms. The van der Waals surface area contributed by atoms with Crippen LogP contribution in [0.2, 0.25) is 18.1 Å². The highest BCUT2D eigenvalue weighted by molar-refractivity contribution is 7.32. The number of thiophene rings is 1. The largest absolute Gasteiger partial charge is 0.235 e.